The number of hydrogen-bond acceptors (Lipinski definition) is 0. The molecule has 0 fully saturated rings. The van der Waals surface area contributed by atoms with Crippen LogP contribution in [0.1, 0.15) is 0 Å². The predicted octanol–water partition coefficient (Wildman–Crippen LogP) is 4.36. The Morgan fingerprint density at radius 1 is 1.20 bits per heavy atom. The van der Waals surface area contributed by atoms with Crippen molar-refractivity contribution in [3.63, 3.8) is 0 Å². The molecule has 0 atom stereocenters. The van der Waals surface area contributed by atoms with Crippen molar-refractivity contribution in [1.82, 2.24) is 0 Å². The van der Waals surface area contributed by atoms with Crippen LogP contribution in [0.5, 0.6) is 0 Å². The number of benzene rings is 1. The largest absolute Gasteiger partial charge is 0.0831 e. The zero-order valence-electron chi connectivity index (χ0n) is 4.67. The first-order valence-electron chi connectivity index (χ1n) is 2.42. The molecule has 0 bridgehead atoms. The Kier molecular flexibility index (Phi) is 3.28. The molecule has 0 unspecified atom stereocenters. The van der Waals surface area contributed by atoms with Crippen molar-refractivity contribution in [3.8, 4) is 0 Å². The molecule has 1 rings (SSSR count). The van der Waals surface area contributed by atoms with Crippen LogP contribution in [-0.2, 0) is 0 Å². The lowest BCUT2D eigenvalue weighted by molar-refractivity contribution is 1.58. The second-order valence-corrected chi connectivity index (χ2v) is 4.34. The normalized spacial score (nSPS) is 10.0. The van der Waals surface area contributed by atoms with Crippen molar-refractivity contribution >= 4 is 61.7 Å². The average Bonchev–Trinajstić information content (AvgIpc) is 1.93. The minimum Gasteiger partial charge on any atom is -0.0831 e. The third kappa shape index (κ3) is 1.78. The molecule has 0 saturated carbocycles. The fourth-order valence-electron chi connectivity index (χ4n) is 0.502. The van der Waals surface area contributed by atoms with Crippen LogP contribution < -0.4 is 0 Å². The maximum Gasteiger partial charge on any atom is 0.0559 e. The molecule has 54 valence electrons. The summed E-state index contributed by atoms with van der Waals surface area (Å²) in [6.45, 7) is 0. The highest BCUT2D eigenvalue weighted by atomic mass is 127. The molecule has 0 amide bonds. The van der Waals surface area contributed by atoms with Crippen LogP contribution in [-0.4, -0.2) is 0 Å². The van der Waals surface area contributed by atoms with Crippen LogP contribution >= 0.6 is 61.7 Å². The molecule has 0 aliphatic heterocycles. The molecule has 0 aromatic heterocycles. The lowest BCUT2D eigenvalue weighted by atomic mass is 10.4. The molecule has 1 aromatic carbocycles. The van der Waals surface area contributed by atoms with Gasteiger partial charge in [0.2, 0.25) is 0 Å². The van der Waals surface area contributed by atoms with Crippen molar-refractivity contribution < 1.29 is 0 Å². The van der Waals surface area contributed by atoms with Crippen molar-refractivity contribution in [2.75, 3.05) is 0 Å². The van der Waals surface area contributed by atoms with Gasteiger partial charge in [0.15, 0.2) is 0 Å². The first-order chi connectivity index (χ1) is 4.63. The van der Waals surface area contributed by atoms with Gasteiger partial charge in [0.05, 0.1) is 14.5 Å². The highest BCUT2D eigenvalue weighted by molar-refractivity contribution is 14.1. The lowest BCUT2D eigenvalue weighted by Crippen LogP contribution is -1.77. The lowest BCUT2D eigenvalue weighted by Gasteiger charge is -1.99. The standard InChI is InChI=1S/C6H2BrCl2I/c7-5-3(8)1-2-4(9)6(5)10/h1-2H. The first kappa shape index (κ1) is 9.10. The van der Waals surface area contributed by atoms with Gasteiger partial charge >= 0.3 is 0 Å². The topological polar surface area (TPSA) is 0 Å². The van der Waals surface area contributed by atoms with Gasteiger partial charge in [0.1, 0.15) is 0 Å². The van der Waals surface area contributed by atoms with Crippen LogP contribution in [0.25, 0.3) is 0 Å². The van der Waals surface area contributed by atoms with Crippen LogP contribution in [0.15, 0.2) is 16.6 Å². The average molecular weight is 352 g/mol. The Hall–Kier alpha value is 1.01. The Bertz CT molecular complexity index is 235. The highest BCUT2D eigenvalue weighted by Gasteiger charge is 2.04. The van der Waals surface area contributed by atoms with E-state index in [0.717, 1.165) is 13.1 Å². The van der Waals surface area contributed by atoms with Gasteiger partial charge in [-0.05, 0) is 50.7 Å². The third-order valence-electron chi connectivity index (χ3n) is 0.988. The quantitative estimate of drug-likeness (QED) is 0.370. The van der Waals surface area contributed by atoms with E-state index in [1.807, 2.05) is 0 Å². The van der Waals surface area contributed by atoms with E-state index in [-0.39, 0.29) is 0 Å². The van der Waals surface area contributed by atoms with Crippen LogP contribution in [0.4, 0.5) is 0 Å². The summed E-state index contributed by atoms with van der Waals surface area (Å²) >= 11 is 17.0. The van der Waals surface area contributed by atoms with Crippen molar-refractivity contribution in [1.29, 1.82) is 0 Å². The molecule has 0 heterocycles. The van der Waals surface area contributed by atoms with E-state index in [2.05, 4.69) is 38.5 Å². The summed E-state index contributed by atoms with van der Waals surface area (Å²) in [4.78, 5) is 0. The summed E-state index contributed by atoms with van der Waals surface area (Å²) in [6, 6.07) is 3.53. The molecular weight excluding hydrogens is 350 g/mol. The van der Waals surface area contributed by atoms with Gasteiger partial charge in [-0.2, -0.15) is 0 Å². The predicted molar refractivity (Wildman–Crippen MR) is 56.9 cm³/mol. The van der Waals surface area contributed by atoms with Gasteiger partial charge < -0.3 is 0 Å². The van der Waals surface area contributed by atoms with E-state index in [1.54, 1.807) is 12.1 Å². The van der Waals surface area contributed by atoms with Crippen LogP contribution in [0.2, 0.25) is 10.0 Å². The molecular formula is C6H2BrCl2I. The van der Waals surface area contributed by atoms with E-state index in [4.69, 9.17) is 23.2 Å². The van der Waals surface area contributed by atoms with E-state index in [9.17, 15) is 0 Å². The summed E-state index contributed by atoms with van der Waals surface area (Å²) in [5.41, 5.74) is 0. The van der Waals surface area contributed by atoms with Crippen LogP contribution in [0.3, 0.4) is 0 Å². The molecule has 1 aromatic rings. The molecule has 0 N–H and O–H groups in total. The number of halogens is 4. The first-order valence-corrected chi connectivity index (χ1v) is 5.04. The van der Waals surface area contributed by atoms with Crippen molar-refractivity contribution in [2.24, 2.45) is 0 Å². The van der Waals surface area contributed by atoms with Gasteiger partial charge in [-0.3, -0.25) is 0 Å². The SMILES string of the molecule is Clc1ccc(Cl)c(I)c1Br. The monoisotopic (exact) mass is 350 g/mol. The van der Waals surface area contributed by atoms with Gasteiger partial charge in [-0.25, -0.2) is 0 Å². The molecule has 4 heteroatoms. The molecule has 0 saturated heterocycles. The fraction of sp³-hybridized carbons (Fsp3) is 0. The van der Waals surface area contributed by atoms with Gasteiger partial charge in [0.25, 0.3) is 0 Å². The minimum absolute atomic E-state index is 0.689. The summed E-state index contributed by atoms with van der Waals surface area (Å²) in [5, 5.41) is 1.41. The summed E-state index contributed by atoms with van der Waals surface area (Å²) in [7, 11) is 0. The number of hydrogen-bond donors (Lipinski definition) is 0. The van der Waals surface area contributed by atoms with Crippen molar-refractivity contribution in [3.05, 3.63) is 30.2 Å². The molecule has 0 aliphatic carbocycles. The molecule has 0 aliphatic rings. The summed E-state index contributed by atoms with van der Waals surface area (Å²) < 4.78 is 1.81. The van der Waals surface area contributed by atoms with Crippen molar-refractivity contribution in [2.45, 2.75) is 0 Å². The van der Waals surface area contributed by atoms with E-state index in [1.165, 1.54) is 0 Å². The minimum atomic E-state index is 0.689. The maximum atomic E-state index is 5.79. The summed E-state index contributed by atoms with van der Waals surface area (Å²) in [5.74, 6) is 0. The Balaban J connectivity index is 3.34. The van der Waals surface area contributed by atoms with Crippen LogP contribution in [0, 0.1) is 3.57 Å². The third-order valence-corrected chi connectivity index (χ3v) is 4.85. The zero-order chi connectivity index (χ0) is 7.72. The Morgan fingerprint density at radius 2 is 1.70 bits per heavy atom. The highest BCUT2D eigenvalue weighted by Crippen LogP contribution is 2.32. The summed E-state index contributed by atoms with van der Waals surface area (Å²) in [6.07, 6.45) is 0. The van der Waals surface area contributed by atoms with Gasteiger partial charge in [-0.1, -0.05) is 23.2 Å². The van der Waals surface area contributed by atoms with E-state index in [0.29, 0.717) is 5.02 Å². The molecule has 0 radical (unpaired) electrons. The smallest absolute Gasteiger partial charge is 0.0559 e. The maximum absolute atomic E-state index is 5.79. The van der Waals surface area contributed by atoms with Gasteiger partial charge in [-0.15, -0.1) is 0 Å². The molecule has 0 spiro atoms. The fourth-order valence-corrected chi connectivity index (χ4v) is 1.91. The molecule has 10 heavy (non-hydrogen) atoms. The van der Waals surface area contributed by atoms with Gasteiger partial charge in [0, 0.05) is 3.57 Å². The second-order valence-electron chi connectivity index (χ2n) is 1.66. The number of rotatable bonds is 0. The zero-order valence-corrected chi connectivity index (χ0v) is 9.92. The van der Waals surface area contributed by atoms with E-state index >= 15 is 0 Å². The van der Waals surface area contributed by atoms with E-state index < -0.39 is 0 Å². The second kappa shape index (κ2) is 3.61. The Labute approximate surface area is 91.2 Å². The molecule has 0 nitrogen and oxygen atoms in total. The Morgan fingerprint density at radius 3 is 2.20 bits per heavy atom.